The summed E-state index contributed by atoms with van der Waals surface area (Å²) >= 11 is 0. The van der Waals surface area contributed by atoms with Gasteiger partial charge in [0.2, 0.25) is 11.2 Å². The number of hydrogen-bond donors (Lipinski definition) is 0. The smallest absolute Gasteiger partial charge is 0.343 e. The van der Waals surface area contributed by atoms with Gasteiger partial charge in [-0.25, -0.2) is 9.69 Å². The Hall–Kier alpha value is -5.50. The Bertz CT molecular complexity index is 1840. The highest BCUT2D eigenvalue weighted by molar-refractivity contribution is 6.34. The maximum atomic E-state index is 13.0. The minimum Gasteiger partial charge on any atom is -0.460 e. The lowest BCUT2D eigenvalue weighted by molar-refractivity contribution is 0.0734. The number of nitrogens with zero attached hydrogens (tertiary/aromatic N) is 1. The molecule has 40 heavy (non-hydrogen) atoms. The number of carbonyl (C=O) groups excluding carboxylic acids is 3. The molecule has 0 radical (unpaired) electrons. The predicted molar refractivity (Wildman–Crippen MR) is 147 cm³/mol. The van der Waals surface area contributed by atoms with Crippen LogP contribution in [0.25, 0.3) is 11.0 Å². The maximum absolute atomic E-state index is 13.0. The Balaban J connectivity index is 1.19. The van der Waals surface area contributed by atoms with Gasteiger partial charge in [-0.2, -0.15) is 0 Å². The first-order valence-corrected chi connectivity index (χ1v) is 12.6. The summed E-state index contributed by atoms with van der Waals surface area (Å²) in [7, 11) is 0. The summed E-state index contributed by atoms with van der Waals surface area (Å²) in [4.78, 5) is 52.3. The topological polar surface area (TPSA) is 103 Å². The second-order valence-corrected chi connectivity index (χ2v) is 9.08. The number of amides is 2. The molecule has 0 saturated carbocycles. The second-order valence-electron chi connectivity index (χ2n) is 9.08. The minimum atomic E-state index is -0.660. The fourth-order valence-electron chi connectivity index (χ4n) is 4.58. The van der Waals surface area contributed by atoms with E-state index in [-0.39, 0.29) is 33.5 Å². The van der Waals surface area contributed by atoms with E-state index in [0.717, 1.165) is 16.9 Å². The number of para-hydroxylation sites is 1. The van der Waals surface area contributed by atoms with Gasteiger partial charge in [0, 0.05) is 6.07 Å². The van der Waals surface area contributed by atoms with Crippen molar-refractivity contribution in [2.75, 3.05) is 4.90 Å². The molecule has 5 aromatic rings. The number of esters is 1. The molecule has 2 amide bonds. The van der Waals surface area contributed by atoms with Crippen LogP contribution < -0.4 is 19.8 Å². The van der Waals surface area contributed by atoms with E-state index in [9.17, 15) is 19.2 Å². The van der Waals surface area contributed by atoms with Gasteiger partial charge in [-0.3, -0.25) is 14.4 Å². The molecule has 0 spiro atoms. The van der Waals surface area contributed by atoms with Gasteiger partial charge >= 0.3 is 5.97 Å². The lowest BCUT2D eigenvalue weighted by atomic mass is 10.1. The van der Waals surface area contributed by atoms with Crippen LogP contribution in [0.2, 0.25) is 0 Å². The van der Waals surface area contributed by atoms with Gasteiger partial charge < -0.3 is 13.9 Å². The lowest BCUT2D eigenvalue weighted by Gasteiger charge is -2.14. The van der Waals surface area contributed by atoms with Crippen LogP contribution in [0.5, 0.6) is 17.2 Å². The van der Waals surface area contributed by atoms with E-state index in [0.29, 0.717) is 22.6 Å². The number of rotatable bonds is 6. The van der Waals surface area contributed by atoms with Crippen molar-refractivity contribution in [1.82, 2.24) is 0 Å². The standard InChI is InChI=1S/C32H21NO7/c1-2-19-7-3-6-10-26(19)40-28-18-38-27-17-22(15-16-25(27)29(28)34)39-32(37)20-11-13-21(14-12-20)33-30(35)23-8-4-5-9-24(23)31(33)36/h3-18H,2H2,1H3. The minimum absolute atomic E-state index is 0.0521. The average Bonchev–Trinajstić information content (AvgIpc) is 3.24. The fourth-order valence-corrected chi connectivity index (χ4v) is 4.58. The summed E-state index contributed by atoms with van der Waals surface area (Å²) in [6, 6.07) is 24.5. The number of benzene rings is 4. The molecule has 0 fully saturated rings. The Kier molecular flexibility index (Phi) is 6.20. The Morgan fingerprint density at radius 2 is 1.48 bits per heavy atom. The number of ether oxygens (including phenoxy) is 2. The third-order valence-corrected chi connectivity index (χ3v) is 6.65. The van der Waals surface area contributed by atoms with Crippen molar-refractivity contribution in [3.05, 3.63) is 130 Å². The first kappa shape index (κ1) is 24.8. The Morgan fingerprint density at radius 1 is 0.800 bits per heavy atom. The summed E-state index contributed by atoms with van der Waals surface area (Å²) in [5.41, 5.74) is 2.06. The van der Waals surface area contributed by atoms with Crippen molar-refractivity contribution in [2.45, 2.75) is 13.3 Å². The Morgan fingerprint density at radius 3 is 2.17 bits per heavy atom. The zero-order valence-corrected chi connectivity index (χ0v) is 21.2. The summed E-state index contributed by atoms with van der Waals surface area (Å²) in [6.45, 7) is 2.00. The number of carbonyl (C=O) groups is 3. The normalized spacial score (nSPS) is 12.5. The summed E-state index contributed by atoms with van der Waals surface area (Å²) in [5.74, 6) is -0.692. The van der Waals surface area contributed by atoms with Crippen LogP contribution in [0, 0.1) is 0 Å². The van der Waals surface area contributed by atoms with Crippen molar-refractivity contribution in [3.63, 3.8) is 0 Å². The van der Waals surface area contributed by atoms with Gasteiger partial charge in [-0.15, -0.1) is 0 Å². The molecule has 0 aliphatic carbocycles. The highest BCUT2D eigenvalue weighted by atomic mass is 16.5. The van der Waals surface area contributed by atoms with Crippen molar-refractivity contribution in [1.29, 1.82) is 0 Å². The SMILES string of the molecule is CCc1ccccc1Oc1coc2cc(OC(=O)c3ccc(N4C(=O)c5ccccc5C4=O)cc3)ccc2c1=O. The molecule has 8 nitrogen and oxygen atoms in total. The van der Waals surface area contributed by atoms with Crippen LogP contribution >= 0.6 is 0 Å². The van der Waals surface area contributed by atoms with Crippen LogP contribution in [0.15, 0.2) is 106 Å². The molecule has 6 rings (SSSR count). The molecule has 8 heteroatoms. The number of fused-ring (bicyclic) bond motifs is 2. The van der Waals surface area contributed by atoms with Crippen molar-refractivity contribution in [3.8, 4) is 17.2 Å². The van der Waals surface area contributed by atoms with Gasteiger partial charge in [0.1, 0.15) is 23.3 Å². The molecule has 0 atom stereocenters. The third kappa shape index (κ3) is 4.31. The molecule has 4 aromatic carbocycles. The highest BCUT2D eigenvalue weighted by Gasteiger charge is 2.36. The third-order valence-electron chi connectivity index (χ3n) is 6.65. The summed E-state index contributed by atoms with van der Waals surface area (Å²) in [6.07, 6.45) is 1.98. The number of imide groups is 1. The summed E-state index contributed by atoms with van der Waals surface area (Å²) in [5, 5.41) is 0.275. The molecule has 0 unspecified atom stereocenters. The molecule has 0 N–H and O–H groups in total. The van der Waals surface area contributed by atoms with Gasteiger partial charge in [0.05, 0.1) is 27.8 Å². The molecular formula is C32H21NO7. The number of anilines is 1. The van der Waals surface area contributed by atoms with E-state index in [1.165, 1.54) is 48.7 Å². The second kappa shape index (κ2) is 9.99. The molecule has 196 valence electrons. The van der Waals surface area contributed by atoms with Gasteiger partial charge in [0.15, 0.2) is 0 Å². The molecule has 1 aliphatic rings. The van der Waals surface area contributed by atoms with E-state index in [1.807, 2.05) is 25.1 Å². The molecule has 0 saturated heterocycles. The van der Waals surface area contributed by atoms with E-state index >= 15 is 0 Å². The van der Waals surface area contributed by atoms with Crippen LogP contribution in [0.1, 0.15) is 43.6 Å². The zero-order valence-electron chi connectivity index (χ0n) is 21.2. The van der Waals surface area contributed by atoms with Crippen molar-refractivity contribution < 1.29 is 28.3 Å². The van der Waals surface area contributed by atoms with E-state index in [4.69, 9.17) is 13.9 Å². The number of hydrogen-bond acceptors (Lipinski definition) is 7. The van der Waals surface area contributed by atoms with E-state index < -0.39 is 17.8 Å². The van der Waals surface area contributed by atoms with Crippen LogP contribution in [0.3, 0.4) is 0 Å². The Labute approximate surface area is 228 Å². The van der Waals surface area contributed by atoms with Gasteiger partial charge in [0.25, 0.3) is 11.8 Å². The molecule has 1 aromatic heterocycles. The van der Waals surface area contributed by atoms with Gasteiger partial charge in [-0.1, -0.05) is 37.3 Å². The summed E-state index contributed by atoms with van der Waals surface area (Å²) < 4.78 is 16.9. The van der Waals surface area contributed by atoms with Gasteiger partial charge in [-0.05, 0) is 66.6 Å². The van der Waals surface area contributed by atoms with Crippen LogP contribution in [0.4, 0.5) is 5.69 Å². The van der Waals surface area contributed by atoms with Crippen molar-refractivity contribution in [2.24, 2.45) is 0 Å². The first-order valence-electron chi connectivity index (χ1n) is 12.6. The van der Waals surface area contributed by atoms with E-state index in [2.05, 4.69) is 0 Å². The largest absolute Gasteiger partial charge is 0.460 e. The van der Waals surface area contributed by atoms with Crippen LogP contribution in [-0.2, 0) is 6.42 Å². The first-order chi connectivity index (χ1) is 19.4. The monoisotopic (exact) mass is 531 g/mol. The quantitative estimate of drug-likeness (QED) is 0.147. The van der Waals surface area contributed by atoms with E-state index in [1.54, 1.807) is 30.3 Å². The fraction of sp³-hybridized carbons (Fsp3) is 0.0625. The molecule has 0 bridgehead atoms. The van der Waals surface area contributed by atoms with Crippen molar-refractivity contribution >= 4 is 34.4 Å². The number of aryl methyl sites for hydroxylation is 1. The highest BCUT2D eigenvalue weighted by Crippen LogP contribution is 2.29. The predicted octanol–water partition coefficient (Wildman–Crippen LogP) is 6.17. The maximum Gasteiger partial charge on any atom is 0.343 e. The lowest BCUT2D eigenvalue weighted by Crippen LogP contribution is -2.29. The molecule has 2 heterocycles. The zero-order chi connectivity index (χ0) is 27.8. The average molecular weight is 532 g/mol. The van der Waals surface area contributed by atoms with Crippen LogP contribution in [-0.4, -0.2) is 17.8 Å². The molecule has 1 aliphatic heterocycles. The molecular weight excluding hydrogens is 510 g/mol.